The maximum atomic E-state index is 11.1. The van der Waals surface area contributed by atoms with Crippen molar-refractivity contribution in [1.29, 1.82) is 0 Å². The Hall–Kier alpha value is -1.62. The van der Waals surface area contributed by atoms with Crippen LogP contribution in [0.5, 0.6) is 0 Å². The van der Waals surface area contributed by atoms with Gasteiger partial charge in [-0.2, -0.15) is 16.8 Å². The molecule has 2 aromatic rings. The first kappa shape index (κ1) is 18.7. The van der Waals surface area contributed by atoms with E-state index in [0.29, 0.717) is 6.42 Å². The molecule has 0 saturated carbocycles. The standard InChI is InChI=1S/C14H18O8S2/c1-2-3-4-5-10(11-6-8-13(21-11)23(15,16)17)12-7-9-14(22-12)24(18,19)20/h6-10H,2-5H2,1H3,(H,15,16,17)(H,18,19,20). The largest absolute Gasteiger partial charge is 0.447 e. The van der Waals surface area contributed by atoms with E-state index in [1.165, 1.54) is 12.1 Å². The highest BCUT2D eigenvalue weighted by atomic mass is 32.2. The van der Waals surface area contributed by atoms with Crippen molar-refractivity contribution in [2.75, 3.05) is 0 Å². The molecule has 0 fully saturated rings. The van der Waals surface area contributed by atoms with Crippen molar-refractivity contribution < 1.29 is 34.8 Å². The first-order valence-corrected chi connectivity index (χ1v) is 10.2. The van der Waals surface area contributed by atoms with E-state index in [4.69, 9.17) is 17.9 Å². The van der Waals surface area contributed by atoms with Crippen LogP contribution in [0.1, 0.15) is 50.0 Å². The van der Waals surface area contributed by atoms with Gasteiger partial charge in [-0.1, -0.05) is 26.2 Å². The molecule has 2 heterocycles. The van der Waals surface area contributed by atoms with Gasteiger partial charge in [0.1, 0.15) is 11.5 Å². The van der Waals surface area contributed by atoms with Gasteiger partial charge in [0.15, 0.2) is 0 Å². The van der Waals surface area contributed by atoms with Crippen LogP contribution in [0.15, 0.2) is 43.3 Å². The SMILES string of the molecule is CCCCCC(c1ccc(S(=O)(=O)O)o1)c1ccc(S(=O)(=O)O)o1. The first-order chi connectivity index (χ1) is 11.1. The third-order valence-electron chi connectivity index (χ3n) is 3.50. The van der Waals surface area contributed by atoms with Gasteiger partial charge in [0.25, 0.3) is 0 Å². The number of hydrogen-bond donors (Lipinski definition) is 2. The summed E-state index contributed by atoms with van der Waals surface area (Å²) in [6, 6.07) is 5.00. The van der Waals surface area contributed by atoms with Gasteiger partial charge in [0.05, 0.1) is 5.92 Å². The lowest BCUT2D eigenvalue weighted by Crippen LogP contribution is -2.00. The van der Waals surface area contributed by atoms with Crippen molar-refractivity contribution in [3.05, 3.63) is 35.8 Å². The molecular formula is C14H18O8S2. The molecule has 0 saturated heterocycles. The molecule has 2 N–H and O–H groups in total. The van der Waals surface area contributed by atoms with Gasteiger partial charge in [0.2, 0.25) is 10.2 Å². The molecule has 0 spiro atoms. The second kappa shape index (κ2) is 7.09. The Balaban J connectivity index is 2.38. The van der Waals surface area contributed by atoms with Crippen molar-refractivity contribution in [3.8, 4) is 0 Å². The van der Waals surface area contributed by atoms with E-state index in [2.05, 4.69) is 0 Å². The van der Waals surface area contributed by atoms with Crippen LogP contribution in [0.3, 0.4) is 0 Å². The van der Waals surface area contributed by atoms with Gasteiger partial charge in [-0.3, -0.25) is 9.11 Å². The van der Waals surface area contributed by atoms with Gasteiger partial charge >= 0.3 is 20.2 Å². The lowest BCUT2D eigenvalue weighted by atomic mass is 9.96. The fraction of sp³-hybridized carbons (Fsp3) is 0.429. The molecule has 0 unspecified atom stereocenters. The molecule has 8 nitrogen and oxygen atoms in total. The highest BCUT2D eigenvalue weighted by molar-refractivity contribution is 7.85. The van der Waals surface area contributed by atoms with E-state index in [1.807, 2.05) is 6.92 Å². The molecule has 2 rings (SSSR count). The number of furan rings is 2. The smallest absolute Gasteiger partial charge is 0.328 e. The molecule has 0 atom stereocenters. The van der Waals surface area contributed by atoms with Crippen molar-refractivity contribution in [2.24, 2.45) is 0 Å². The molecule has 0 aromatic carbocycles. The molecule has 0 bridgehead atoms. The fourth-order valence-electron chi connectivity index (χ4n) is 2.34. The van der Waals surface area contributed by atoms with E-state index >= 15 is 0 Å². The number of unbranched alkanes of at least 4 members (excludes halogenated alkanes) is 2. The van der Waals surface area contributed by atoms with Crippen LogP contribution >= 0.6 is 0 Å². The third-order valence-corrected chi connectivity index (χ3v) is 4.95. The molecule has 2 aromatic heterocycles. The Morgan fingerprint density at radius 1 is 0.875 bits per heavy atom. The van der Waals surface area contributed by atoms with Crippen molar-refractivity contribution in [1.82, 2.24) is 0 Å². The van der Waals surface area contributed by atoms with Crippen LogP contribution in [-0.4, -0.2) is 25.9 Å². The summed E-state index contributed by atoms with van der Waals surface area (Å²) in [5, 5.41) is -1.20. The summed E-state index contributed by atoms with van der Waals surface area (Å²) < 4.78 is 72.9. The van der Waals surface area contributed by atoms with Crippen LogP contribution in [0.25, 0.3) is 0 Å². The van der Waals surface area contributed by atoms with Gasteiger partial charge in [0, 0.05) is 0 Å². The minimum atomic E-state index is -4.47. The van der Waals surface area contributed by atoms with E-state index in [0.717, 1.165) is 31.4 Å². The monoisotopic (exact) mass is 378 g/mol. The summed E-state index contributed by atoms with van der Waals surface area (Å²) in [5.41, 5.74) is 0. The Kier molecular flexibility index (Phi) is 5.53. The average molecular weight is 378 g/mol. The van der Waals surface area contributed by atoms with Crippen LogP contribution in [0.2, 0.25) is 0 Å². The zero-order valence-corrected chi connectivity index (χ0v) is 14.5. The third kappa shape index (κ3) is 4.47. The Morgan fingerprint density at radius 3 is 1.67 bits per heavy atom. The van der Waals surface area contributed by atoms with E-state index in [1.54, 1.807) is 0 Å². The lowest BCUT2D eigenvalue weighted by molar-refractivity contribution is 0.331. The highest BCUT2D eigenvalue weighted by Crippen LogP contribution is 2.34. The molecule has 0 aliphatic heterocycles. The Labute approximate surface area is 140 Å². The van der Waals surface area contributed by atoms with Crippen LogP contribution < -0.4 is 0 Å². The Bertz CT molecular complexity index is 819. The predicted octanol–water partition coefficient (Wildman–Crippen LogP) is 3.08. The van der Waals surface area contributed by atoms with Crippen molar-refractivity contribution in [2.45, 2.75) is 48.7 Å². The molecule has 0 amide bonds. The number of hydrogen-bond acceptors (Lipinski definition) is 6. The summed E-state index contributed by atoms with van der Waals surface area (Å²) >= 11 is 0. The Morgan fingerprint density at radius 2 is 1.33 bits per heavy atom. The van der Waals surface area contributed by atoms with Gasteiger partial charge in [-0.15, -0.1) is 0 Å². The molecule has 0 aliphatic carbocycles. The fourth-order valence-corrected chi connectivity index (χ4v) is 3.23. The molecule has 0 radical (unpaired) electrons. The van der Waals surface area contributed by atoms with Gasteiger partial charge in [-0.25, -0.2) is 0 Å². The minimum absolute atomic E-state index is 0.218. The highest BCUT2D eigenvalue weighted by Gasteiger charge is 2.26. The second-order valence-corrected chi connectivity index (χ2v) is 8.02. The molecule has 10 heteroatoms. The van der Waals surface area contributed by atoms with E-state index in [-0.39, 0.29) is 11.5 Å². The van der Waals surface area contributed by atoms with Crippen molar-refractivity contribution >= 4 is 20.2 Å². The summed E-state index contributed by atoms with van der Waals surface area (Å²) in [7, 11) is -8.95. The summed E-state index contributed by atoms with van der Waals surface area (Å²) in [6.45, 7) is 2.02. The summed E-state index contributed by atoms with van der Waals surface area (Å²) in [4.78, 5) is 0. The van der Waals surface area contributed by atoms with Gasteiger partial charge in [-0.05, 0) is 30.7 Å². The maximum absolute atomic E-state index is 11.1. The van der Waals surface area contributed by atoms with E-state index in [9.17, 15) is 16.8 Å². The summed E-state index contributed by atoms with van der Waals surface area (Å²) in [5.74, 6) is -0.104. The lowest BCUT2D eigenvalue weighted by Gasteiger charge is -2.11. The quantitative estimate of drug-likeness (QED) is 0.528. The average Bonchev–Trinajstić information content (AvgIpc) is 3.11. The van der Waals surface area contributed by atoms with Crippen LogP contribution in [0.4, 0.5) is 0 Å². The number of rotatable bonds is 8. The van der Waals surface area contributed by atoms with E-state index < -0.39 is 36.3 Å². The predicted molar refractivity (Wildman–Crippen MR) is 83.0 cm³/mol. The molecule has 24 heavy (non-hydrogen) atoms. The maximum Gasteiger partial charge on any atom is 0.328 e. The molecule has 134 valence electrons. The van der Waals surface area contributed by atoms with Crippen molar-refractivity contribution in [3.63, 3.8) is 0 Å². The van der Waals surface area contributed by atoms with Crippen LogP contribution in [0, 0.1) is 0 Å². The molecular weight excluding hydrogens is 360 g/mol. The van der Waals surface area contributed by atoms with Gasteiger partial charge < -0.3 is 8.83 Å². The molecule has 0 aliphatic rings. The van der Waals surface area contributed by atoms with Crippen LogP contribution in [-0.2, 0) is 20.2 Å². The zero-order chi connectivity index (χ0) is 18.0. The first-order valence-electron chi connectivity index (χ1n) is 7.27. The minimum Gasteiger partial charge on any atom is -0.447 e. The normalized spacial score (nSPS) is 12.8. The summed E-state index contributed by atoms with van der Waals surface area (Å²) in [6.07, 6.45) is 3.15. The zero-order valence-electron chi connectivity index (χ0n) is 12.9. The second-order valence-electron chi connectivity index (χ2n) is 5.31. The topological polar surface area (TPSA) is 135 Å².